The molecule has 1 heterocycles. The quantitative estimate of drug-likeness (QED) is 0.731. The van der Waals surface area contributed by atoms with Gasteiger partial charge in [-0.05, 0) is 18.2 Å². The number of sulfone groups is 1. The number of nitrogens with zero attached hydrogens (tertiary/aromatic N) is 1. The molecule has 0 unspecified atom stereocenters. The van der Waals surface area contributed by atoms with Crippen LogP contribution in [-0.4, -0.2) is 49.6 Å². The molecule has 0 aromatic heterocycles. The van der Waals surface area contributed by atoms with Crippen LogP contribution in [0, 0.1) is 5.82 Å². The van der Waals surface area contributed by atoms with E-state index in [4.69, 9.17) is 5.11 Å². The highest BCUT2D eigenvalue weighted by Crippen LogP contribution is 2.22. The average molecular weight is 328 g/mol. The minimum absolute atomic E-state index is 0.134. The zero-order chi connectivity index (χ0) is 16.5. The zero-order valence-electron chi connectivity index (χ0n) is 11.5. The molecule has 1 aliphatic heterocycles. The molecule has 0 atom stereocenters. The van der Waals surface area contributed by atoms with Crippen LogP contribution in [0.4, 0.5) is 10.1 Å². The van der Waals surface area contributed by atoms with Crippen molar-refractivity contribution in [3.05, 3.63) is 35.8 Å². The molecule has 0 saturated heterocycles. The maximum Gasteiger partial charge on any atom is 0.277 e. The molecule has 7 nitrogen and oxygen atoms in total. The predicted molar refractivity (Wildman–Crippen MR) is 75.0 cm³/mol. The fourth-order valence-electron chi connectivity index (χ4n) is 1.88. The number of hydrogen-bond donors (Lipinski definition) is 2. The van der Waals surface area contributed by atoms with Crippen LogP contribution in [0.5, 0.6) is 0 Å². The van der Waals surface area contributed by atoms with Crippen molar-refractivity contribution in [3.63, 3.8) is 0 Å². The van der Waals surface area contributed by atoms with E-state index in [9.17, 15) is 22.4 Å². The molecule has 0 saturated carbocycles. The first-order chi connectivity index (χ1) is 10.2. The van der Waals surface area contributed by atoms with Crippen LogP contribution in [0.2, 0.25) is 0 Å². The highest BCUT2D eigenvalue weighted by molar-refractivity contribution is 7.90. The van der Waals surface area contributed by atoms with E-state index in [2.05, 4.69) is 5.32 Å². The third-order valence-electron chi connectivity index (χ3n) is 2.97. The van der Waals surface area contributed by atoms with E-state index in [1.54, 1.807) is 0 Å². The van der Waals surface area contributed by atoms with Crippen LogP contribution in [-0.2, 0) is 19.4 Å². The van der Waals surface area contributed by atoms with Crippen molar-refractivity contribution in [3.8, 4) is 0 Å². The molecule has 1 aromatic carbocycles. The van der Waals surface area contributed by atoms with Crippen molar-refractivity contribution in [2.75, 3.05) is 24.7 Å². The molecule has 2 amide bonds. The summed E-state index contributed by atoms with van der Waals surface area (Å²) < 4.78 is 36.5. The van der Waals surface area contributed by atoms with Gasteiger partial charge in [0, 0.05) is 12.3 Å². The van der Waals surface area contributed by atoms with Gasteiger partial charge in [0.15, 0.2) is 9.84 Å². The summed E-state index contributed by atoms with van der Waals surface area (Å²) in [6, 6.07) is 3.18. The summed E-state index contributed by atoms with van der Waals surface area (Å²) in [5, 5.41) is 11.2. The van der Waals surface area contributed by atoms with Crippen LogP contribution in [0.3, 0.4) is 0 Å². The third-order valence-corrected chi connectivity index (χ3v) is 4.08. The fraction of sp³-hybridized carbons (Fsp3) is 0.231. The van der Waals surface area contributed by atoms with Gasteiger partial charge in [0.2, 0.25) is 0 Å². The molecule has 118 valence electrons. The molecule has 9 heteroatoms. The van der Waals surface area contributed by atoms with Crippen molar-refractivity contribution in [1.29, 1.82) is 0 Å². The summed E-state index contributed by atoms with van der Waals surface area (Å²) in [5.41, 5.74) is -0.282. The number of amides is 2. The van der Waals surface area contributed by atoms with Crippen LogP contribution < -0.4 is 5.32 Å². The topological polar surface area (TPSA) is 104 Å². The van der Waals surface area contributed by atoms with E-state index < -0.39 is 27.5 Å². The molecule has 1 aliphatic rings. The molecule has 0 bridgehead atoms. The molecule has 1 aromatic rings. The first kappa shape index (κ1) is 16.1. The van der Waals surface area contributed by atoms with Gasteiger partial charge in [0.1, 0.15) is 11.5 Å². The van der Waals surface area contributed by atoms with Gasteiger partial charge in [-0.3, -0.25) is 14.5 Å². The van der Waals surface area contributed by atoms with Crippen molar-refractivity contribution in [2.45, 2.75) is 4.90 Å². The van der Waals surface area contributed by atoms with Gasteiger partial charge in [0.05, 0.1) is 23.7 Å². The number of carbonyl (C=O) groups is 2. The van der Waals surface area contributed by atoms with E-state index in [0.29, 0.717) is 0 Å². The SMILES string of the molecule is CS(=O)(=O)c1ccc(NC2=CC(=O)N(CCO)C2=O)c(F)c1. The number of nitrogens with one attached hydrogen (secondary N) is 1. The van der Waals surface area contributed by atoms with Gasteiger partial charge in [-0.15, -0.1) is 0 Å². The summed E-state index contributed by atoms with van der Waals surface area (Å²) >= 11 is 0. The number of imide groups is 1. The maximum atomic E-state index is 13.9. The highest BCUT2D eigenvalue weighted by atomic mass is 32.2. The number of halogens is 1. The standard InChI is InChI=1S/C13H13FN2O5S/c1-22(20,21)8-2-3-10(9(14)6-8)15-11-7-12(18)16(4-5-17)13(11)19/h2-3,6-7,15,17H,4-5H2,1H3. The van der Waals surface area contributed by atoms with Crippen LogP contribution in [0.1, 0.15) is 0 Å². The lowest BCUT2D eigenvalue weighted by Gasteiger charge is -2.13. The third kappa shape index (κ3) is 3.15. The van der Waals surface area contributed by atoms with Crippen LogP contribution in [0.15, 0.2) is 34.9 Å². The number of hydrogen-bond acceptors (Lipinski definition) is 6. The largest absolute Gasteiger partial charge is 0.395 e. The Morgan fingerprint density at radius 3 is 2.55 bits per heavy atom. The summed E-state index contributed by atoms with van der Waals surface area (Å²) in [4.78, 5) is 24.1. The van der Waals surface area contributed by atoms with Gasteiger partial charge >= 0.3 is 0 Å². The molecule has 0 radical (unpaired) electrons. The maximum absolute atomic E-state index is 13.9. The summed E-state index contributed by atoms with van der Waals surface area (Å²) in [7, 11) is -3.54. The molecule has 0 fully saturated rings. The van der Waals surface area contributed by atoms with E-state index >= 15 is 0 Å². The van der Waals surface area contributed by atoms with Gasteiger partial charge in [-0.1, -0.05) is 0 Å². The Morgan fingerprint density at radius 2 is 2.00 bits per heavy atom. The Morgan fingerprint density at radius 1 is 1.32 bits per heavy atom. The highest BCUT2D eigenvalue weighted by Gasteiger charge is 2.31. The molecule has 2 N–H and O–H groups in total. The monoisotopic (exact) mass is 328 g/mol. The van der Waals surface area contributed by atoms with Crippen LogP contribution in [0.25, 0.3) is 0 Å². The van der Waals surface area contributed by atoms with E-state index in [-0.39, 0.29) is 29.4 Å². The second kappa shape index (κ2) is 5.85. The summed E-state index contributed by atoms with van der Waals surface area (Å²) in [5.74, 6) is -2.18. The Balaban J connectivity index is 2.24. The second-order valence-corrected chi connectivity index (χ2v) is 6.63. The number of anilines is 1. The zero-order valence-corrected chi connectivity index (χ0v) is 12.4. The minimum atomic E-state index is -3.54. The van der Waals surface area contributed by atoms with E-state index in [0.717, 1.165) is 23.3 Å². The molecular weight excluding hydrogens is 315 g/mol. The lowest BCUT2D eigenvalue weighted by molar-refractivity contribution is -0.137. The van der Waals surface area contributed by atoms with Crippen molar-refractivity contribution < 1.29 is 27.5 Å². The first-order valence-corrected chi connectivity index (χ1v) is 8.08. The Labute approximate surface area is 126 Å². The fourth-order valence-corrected chi connectivity index (χ4v) is 2.52. The average Bonchev–Trinajstić information content (AvgIpc) is 2.68. The molecular formula is C13H13FN2O5S. The smallest absolute Gasteiger partial charge is 0.277 e. The second-order valence-electron chi connectivity index (χ2n) is 4.62. The summed E-state index contributed by atoms with van der Waals surface area (Å²) in [6.07, 6.45) is 1.94. The first-order valence-electron chi connectivity index (χ1n) is 6.19. The molecule has 0 aliphatic carbocycles. The molecule has 0 spiro atoms. The van der Waals surface area contributed by atoms with Gasteiger partial charge in [-0.2, -0.15) is 0 Å². The summed E-state index contributed by atoms with van der Waals surface area (Å²) in [6.45, 7) is -0.537. The number of aliphatic hydroxyl groups is 1. The number of benzene rings is 1. The van der Waals surface area contributed by atoms with Crippen molar-refractivity contribution in [1.82, 2.24) is 4.90 Å². The Kier molecular flexibility index (Phi) is 4.29. The number of carbonyl (C=O) groups excluding carboxylic acids is 2. The van der Waals surface area contributed by atoms with Gasteiger partial charge in [-0.25, -0.2) is 12.8 Å². The molecule has 22 heavy (non-hydrogen) atoms. The number of rotatable bonds is 5. The van der Waals surface area contributed by atoms with Crippen molar-refractivity contribution >= 4 is 27.3 Å². The van der Waals surface area contributed by atoms with Gasteiger partial charge in [0.25, 0.3) is 11.8 Å². The van der Waals surface area contributed by atoms with Crippen LogP contribution >= 0.6 is 0 Å². The van der Waals surface area contributed by atoms with Crippen molar-refractivity contribution in [2.24, 2.45) is 0 Å². The normalized spacial score (nSPS) is 15.2. The Bertz CT molecular complexity index is 773. The minimum Gasteiger partial charge on any atom is -0.395 e. The number of β-amino-alcohol motifs (C(OH)–C–C–N with tert-alkyl or cyclic N) is 1. The lowest BCUT2D eigenvalue weighted by Crippen LogP contribution is -2.34. The van der Waals surface area contributed by atoms with E-state index in [1.165, 1.54) is 12.1 Å². The lowest BCUT2D eigenvalue weighted by atomic mass is 10.3. The Hall–Kier alpha value is -2.26. The van der Waals surface area contributed by atoms with E-state index in [1.807, 2.05) is 0 Å². The van der Waals surface area contributed by atoms with Gasteiger partial charge < -0.3 is 10.4 Å². The molecule has 2 rings (SSSR count). The predicted octanol–water partition coefficient (Wildman–Crippen LogP) is -0.114. The number of aliphatic hydroxyl groups excluding tert-OH is 1.